The van der Waals surface area contributed by atoms with Crippen LogP contribution in [0.25, 0.3) is 11.1 Å². The van der Waals surface area contributed by atoms with Gasteiger partial charge in [-0.05, 0) is 59.7 Å². The Morgan fingerprint density at radius 1 is 0.444 bits per heavy atom. The molecule has 4 aromatic rings. The molecule has 4 aromatic carbocycles. The first-order valence-electron chi connectivity index (χ1n) is 8.85. The lowest BCUT2D eigenvalue weighted by molar-refractivity contribution is 0.475. The molecule has 0 fully saturated rings. The number of phenolic OH excluding ortho intramolecular Hbond substituents is 1. The second-order valence-electron chi connectivity index (χ2n) is 6.32. The van der Waals surface area contributed by atoms with Crippen molar-refractivity contribution in [1.82, 2.24) is 0 Å². The molecular weight excluding hydrogens is 332 g/mol. The molecule has 3 nitrogen and oxygen atoms in total. The number of phenols is 1. The van der Waals surface area contributed by atoms with Gasteiger partial charge in [0.25, 0.3) is 0 Å². The van der Waals surface area contributed by atoms with Crippen molar-refractivity contribution >= 4 is 22.7 Å². The van der Waals surface area contributed by atoms with Gasteiger partial charge < -0.3 is 15.7 Å². The summed E-state index contributed by atoms with van der Waals surface area (Å²) in [5.74, 6) is 0.251. The van der Waals surface area contributed by atoms with Crippen molar-refractivity contribution in [3.63, 3.8) is 0 Å². The van der Waals surface area contributed by atoms with Gasteiger partial charge in [0.15, 0.2) is 0 Å². The number of hydrogen-bond acceptors (Lipinski definition) is 3. The molecule has 0 amide bonds. The summed E-state index contributed by atoms with van der Waals surface area (Å²) in [6.45, 7) is 0. The summed E-state index contributed by atoms with van der Waals surface area (Å²) in [5.41, 5.74) is 6.30. The molecule has 3 heteroatoms. The monoisotopic (exact) mass is 352 g/mol. The summed E-state index contributed by atoms with van der Waals surface area (Å²) in [7, 11) is 0. The van der Waals surface area contributed by atoms with Gasteiger partial charge >= 0.3 is 0 Å². The number of para-hydroxylation sites is 1. The van der Waals surface area contributed by atoms with E-state index in [0.29, 0.717) is 0 Å². The van der Waals surface area contributed by atoms with E-state index in [9.17, 15) is 5.11 Å². The van der Waals surface area contributed by atoms with Crippen LogP contribution in [0.1, 0.15) is 0 Å². The average molecular weight is 352 g/mol. The molecule has 0 radical (unpaired) electrons. The van der Waals surface area contributed by atoms with Crippen molar-refractivity contribution in [2.75, 3.05) is 10.6 Å². The Morgan fingerprint density at radius 3 is 1.48 bits per heavy atom. The molecule has 3 N–H and O–H groups in total. The van der Waals surface area contributed by atoms with Crippen LogP contribution in [0.2, 0.25) is 0 Å². The van der Waals surface area contributed by atoms with Crippen molar-refractivity contribution in [1.29, 1.82) is 0 Å². The Balaban J connectivity index is 1.45. The fourth-order valence-electron chi connectivity index (χ4n) is 2.93. The van der Waals surface area contributed by atoms with E-state index >= 15 is 0 Å². The fourth-order valence-corrected chi connectivity index (χ4v) is 2.93. The van der Waals surface area contributed by atoms with E-state index in [1.807, 2.05) is 54.6 Å². The first-order valence-corrected chi connectivity index (χ1v) is 8.85. The van der Waals surface area contributed by atoms with Gasteiger partial charge in [0.2, 0.25) is 0 Å². The Hall–Kier alpha value is -3.72. The van der Waals surface area contributed by atoms with Crippen LogP contribution in [0.3, 0.4) is 0 Å². The Bertz CT molecular complexity index is 1010. The van der Waals surface area contributed by atoms with Crippen LogP contribution in [-0.2, 0) is 0 Å². The van der Waals surface area contributed by atoms with E-state index in [2.05, 4.69) is 47.0 Å². The van der Waals surface area contributed by atoms with Crippen molar-refractivity contribution in [2.24, 2.45) is 0 Å². The van der Waals surface area contributed by atoms with Crippen molar-refractivity contribution < 1.29 is 5.11 Å². The second-order valence-corrected chi connectivity index (χ2v) is 6.32. The maximum atomic E-state index is 9.55. The van der Waals surface area contributed by atoms with E-state index < -0.39 is 0 Å². The van der Waals surface area contributed by atoms with Gasteiger partial charge in [0, 0.05) is 28.8 Å². The molecule has 4 rings (SSSR count). The van der Waals surface area contributed by atoms with Crippen LogP contribution >= 0.6 is 0 Å². The zero-order valence-electron chi connectivity index (χ0n) is 14.8. The lowest BCUT2D eigenvalue weighted by Gasteiger charge is -2.09. The maximum absolute atomic E-state index is 9.55. The smallest absolute Gasteiger partial charge is 0.117 e. The van der Waals surface area contributed by atoms with Gasteiger partial charge in [-0.3, -0.25) is 0 Å². The predicted molar refractivity (Wildman–Crippen MR) is 113 cm³/mol. The van der Waals surface area contributed by atoms with Crippen molar-refractivity contribution in [2.45, 2.75) is 0 Å². The van der Waals surface area contributed by atoms with Gasteiger partial charge in [-0.2, -0.15) is 0 Å². The van der Waals surface area contributed by atoms with E-state index in [1.54, 1.807) is 12.1 Å². The van der Waals surface area contributed by atoms with Crippen LogP contribution in [0, 0.1) is 0 Å². The van der Waals surface area contributed by atoms with E-state index in [4.69, 9.17) is 0 Å². The number of hydrogen-bond donors (Lipinski definition) is 3. The topological polar surface area (TPSA) is 44.3 Å². The minimum absolute atomic E-state index is 0.251. The molecule has 0 saturated heterocycles. The lowest BCUT2D eigenvalue weighted by Crippen LogP contribution is -1.90. The minimum atomic E-state index is 0.251. The van der Waals surface area contributed by atoms with Gasteiger partial charge in [-0.15, -0.1) is 0 Å². The first-order chi connectivity index (χ1) is 13.3. The first kappa shape index (κ1) is 16.7. The lowest BCUT2D eigenvalue weighted by atomic mass is 10.0. The Morgan fingerprint density at radius 2 is 0.926 bits per heavy atom. The molecule has 0 heterocycles. The molecule has 0 unspecified atom stereocenters. The quantitative estimate of drug-likeness (QED) is 0.382. The number of anilines is 4. The van der Waals surface area contributed by atoms with Crippen molar-refractivity contribution in [3.05, 3.63) is 103 Å². The largest absolute Gasteiger partial charge is 0.508 e. The van der Waals surface area contributed by atoms with Gasteiger partial charge in [-0.25, -0.2) is 0 Å². The van der Waals surface area contributed by atoms with Gasteiger partial charge in [0.05, 0.1) is 0 Å². The third-order valence-electron chi connectivity index (χ3n) is 4.30. The summed E-state index contributed by atoms with van der Waals surface area (Å²) in [6.07, 6.45) is 0. The third kappa shape index (κ3) is 4.28. The van der Waals surface area contributed by atoms with Crippen molar-refractivity contribution in [3.8, 4) is 16.9 Å². The zero-order valence-corrected chi connectivity index (χ0v) is 14.8. The standard InChI is InChI=1S/C24H20N2O/c27-24-8-4-7-23(17-24)26-22-15-11-19(12-16-22)18-9-13-21(14-10-18)25-20-5-2-1-3-6-20/h1-17,25-27H. The van der Waals surface area contributed by atoms with Gasteiger partial charge in [0.1, 0.15) is 5.75 Å². The molecule has 0 aliphatic heterocycles. The molecule has 0 aromatic heterocycles. The van der Waals surface area contributed by atoms with Crippen LogP contribution in [0.4, 0.5) is 22.7 Å². The summed E-state index contributed by atoms with van der Waals surface area (Å²) in [6, 6.07) is 33.9. The van der Waals surface area contributed by atoms with Gasteiger partial charge in [-0.1, -0.05) is 48.5 Å². The zero-order chi connectivity index (χ0) is 18.5. The average Bonchev–Trinajstić information content (AvgIpc) is 2.70. The highest BCUT2D eigenvalue weighted by Crippen LogP contribution is 2.26. The Kier molecular flexibility index (Phi) is 4.75. The van der Waals surface area contributed by atoms with E-state index in [1.165, 1.54) is 0 Å². The molecule has 27 heavy (non-hydrogen) atoms. The van der Waals surface area contributed by atoms with E-state index in [-0.39, 0.29) is 5.75 Å². The fraction of sp³-hybridized carbons (Fsp3) is 0. The summed E-state index contributed by atoms with van der Waals surface area (Å²) >= 11 is 0. The molecule has 0 spiro atoms. The SMILES string of the molecule is Oc1cccc(Nc2ccc(-c3ccc(Nc4ccccc4)cc3)cc2)c1. The highest BCUT2D eigenvalue weighted by atomic mass is 16.3. The van der Waals surface area contributed by atoms with E-state index in [0.717, 1.165) is 33.9 Å². The van der Waals surface area contributed by atoms with Crippen LogP contribution < -0.4 is 10.6 Å². The van der Waals surface area contributed by atoms with Crippen LogP contribution in [0.15, 0.2) is 103 Å². The summed E-state index contributed by atoms with van der Waals surface area (Å²) in [5, 5.41) is 16.2. The van der Waals surface area contributed by atoms with Crippen LogP contribution in [-0.4, -0.2) is 5.11 Å². The highest BCUT2D eigenvalue weighted by Gasteiger charge is 2.01. The molecule has 0 saturated carbocycles. The maximum Gasteiger partial charge on any atom is 0.117 e. The predicted octanol–water partition coefficient (Wildman–Crippen LogP) is 6.55. The third-order valence-corrected chi connectivity index (χ3v) is 4.30. The molecule has 0 aliphatic carbocycles. The minimum Gasteiger partial charge on any atom is -0.508 e. The number of benzene rings is 4. The molecule has 0 bridgehead atoms. The summed E-state index contributed by atoms with van der Waals surface area (Å²) in [4.78, 5) is 0. The number of rotatable bonds is 5. The number of aromatic hydroxyl groups is 1. The Labute approximate surface area is 158 Å². The summed E-state index contributed by atoms with van der Waals surface area (Å²) < 4.78 is 0. The molecule has 132 valence electrons. The normalized spacial score (nSPS) is 10.4. The van der Waals surface area contributed by atoms with Crippen LogP contribution in [0.5, 0.6) is 5.75 Å². The second kappa shape index (κ2) is 7.67. The number of nitrogens with one attached hydrogen (secondary N) is 2. The molecular formula is C24H20N2O. The highest BCUT2D eigenvalue weighted by molar-refractivity contribution is 5.71. The molecule has 0 atom stereocenters. The molecule has 0 aliphatic rings.